The van der Waals surface area contributed by atoms with Crippen LogP contribution in [0.1, 0.15) is 32.7 Å². The fourth-order valence-electron chi connectivity index (χ4n) is 5.13. The van der Waals surface area contributed by atoms with Gasteiger partial charge in [0.15, 0.2) is 0 Å². The van der Waals surface area contributed by atoms with Crippen LogP contribution in [0.5, 0.6) is 23.0 Å². The lowest BCUT2D eigenvalue weighted by Crippen LogP contribution is -2.78. The first kappa shape index (κ1) is 24.6. The molecule has 2 aliphatic rings. The Balaban J connectivity index is 1.08. The van der Waals surface area contributed by atoms with Gasteiger partial charge in [-0.15, -0.1) is 0 Å². The number of carbonyl (C=O) groups is 2. The number of hydrogen-bond acceptors (Lipinski definition) is 5. The summed E-state index contributed by atoms with van der Waals surface area (Å²) in [6, 6.07) is 31.0. The van der Waals surface area contributed by atoms with Gasteiger partial charge in [-0.3, -0.25) is 9.59 Å². The minimum absolute atomic E-state index is 0.0784. The highest BCUT2D eigenvalue weighted by Gasteiger charge is 2.56. The van der Waals surface area contributed by atoms with Crippen LogP contribution in [0.3, 0.4) is 0 Å². The Hall–Kier alpha value is -4.78. The summed E-state index contributed by atoms with van der Waals surface area (Å²) in [5.41, 5.74) is 1.40. The van der Waals surface area contributed by atoms with Crippen LogP contribution in [-0.4, -0.2) is 51.9 Å². The maximum atomic E-state index is 13.4. The lowest BCUT2D eigenvalue weighted by molar-refractivity contribution is -0.0849. The number of nitrogens with zero attached hydrogens (tertiary/aromatic N) is 2. The van der Waals surface area contributed by atoms with Crippen molar-refractivity contribution in [1.29, 1.82) is 0 Å². The van der Waals surface area contributed by atoms with Gasteiger partial charge in [0.1, 0.15) is 29.6 Å². The van der Waals surface area contributed by atoms with Crippen LogP contribution in [0.25, 0.3) is 0 Å². The molecule has 2 fully saturated rings. The molecule has 196 valence electrons. The zero-order valence-corrected chi connectivity index (χ0v) is 21.3. The highest BCUT2D eigenvalue weighted by atomic mass is 16.5. The normalized spacial score (nSPS) is 15.3. The Morgan fingerprint density at radius 2 is 1.41 bits per heavy atom. The molecule has 7 heteroatoms. The summed E-state index contributed by atoms with van der Waals surface area (Å²) < 4.78 is 11.7. The van der Waals surface area contributed by atoms with Crippen molar-refractivity contribution in [3.8, 4) is 23.0 Å². The van der Waals surface area contributed by atoms with Crippen LogP contribution in [0.4, 0.5) is 0 Å². The first-order valence-electron chi connectivity index (χ1n) is 12.9. The standard InChI is InChI=1S/C32H28N2O5/c35-29-16-15-27(38-20-23-7-3-1-4-8-23)19-28(29)31(37)34-18-17-32(34)21-33(22-32)30(36)24-11-13-26(14-12-24)39-25-9-5-2-6-10-25/h1-16,19,35H,17-18,20-22H2. The van der Waals surface area contributed by atoms with E-state index in [4.69, 9.17) is 9.47 Å². The minimum Gasteiger partial charge on any atom is -0.507 e. The van der Waals surface area contributed by atoms with Gasteiger partial charge in [-0.05, 0) is 66.6 Å². The number of amides is 2. The summed E-state index contributed by atoms with van der Waals surface area (Å²) in [5, 5.41) is 10.4. The number of likely N-dealkylation sites (tertiary alicyclic amines) is 2. The van der Waals surface area contributed by atoms with Gasteiger partial charge in [0.2, 0.25) is 0 Å². The smallest absolute Gasteiger partial charge is 0.258 e. The predicted molar refractivity (Wildman–Crippen MR) is 146 cm³/mol. The van der Waals surface area contributed by atoms with E-state index < -0.39 is 5.54 Å². The van der Waals surface area contributed by atoms with Gasteiger partial charge in [0.05, 0.1) is 11.1 Å². The quantitative estimate of drug-likeness (QED) is 0.348. The molecule has 0 unspecified atom stereocenters. The van der Waals surface area contributed by atoms with E-state index in [1.807, 2.05) is 60.7 Å². The summed E-state index contributed by atoms with van der Waals surface area (Å²) in [6.07, 6.45) is 0.817. The highest BCUT2D eigenvalue weighted by Crippen LogP contribution is 2.42. The molecule has 6 rings (SSSR count). The molecule has 4 aromatic rings. The fraction of sp³-hybridized carbons (Fsp3) is 0.188. The SMILES string of the molecule is O=C(c1ccc(Oc2ccccc2)cc1)N1CC2(CCN2C(=O)c2cc(OCc3ccccc3)ccc2O)C1. The molecule has 2 saturated heterocycles. The lowest BCUT2D eigenvalue weighted by Gasteiger charge is -2.62. The third kappa shape index (κ3) is 4.91. The van der Waals surface area contributed by atoms with E-state index in [9.17, 15) is 14.7 Å². The second kappa shape index (κ2) is 10.2. The van der Waals surface area contributed by atoms with Gasteiger partial charge in [0.25, 0.3) is 11.8 Å². The van der Waals surface area contributed by atoms with Crippen LogP contribution >= 0.6 is 0 Å². The van der Waals surface area contributed by atoms with Crippen LogP contribution in [0.2, 0.25) is 0 Å². The van der Waals surface area contributed by atoms with Crippen LogP contribution in [-0.2, 0) is 6.61 Å². The number of phenols is 1. The van der Waals surface area contributed by atoms with Gasteiger partial charge in [-0.25, -0.2) is 0 Å². The molecule has 0 aromatic heterocycles. The molecule has 0 atom stereocenters. The summed E-state index contributed by atoms with van der Waals surface area (Å²) in [7, 11) is 0. The van der Waals surface area contributed by atoms with Crippen molar-refractivity contribution in [2.75, 3.05) is 19.6 Å². The summed E-state index contributed by atoms with van der Waals surface area (Å²) in [4.78, 5) is 30.0. The molecule has 2 aliphatic heterocycles. The van der Waals surface area contributed by atoms with Crippen molar-refractivity contribution in [3.63, 3.8) is 0 Å². The lowest BCUT2D eigenvalue weighted by atomic mass is 9.76. The van der Waals surface area contributed by atoms with Gasteiger partial charge < -0.3 is 24.4 Å². The van der Waals surface area contributed by atoms with Crippen molar-refractivity contribution in [2.24, 2.45) is 0 Å². The molecule has 0 radical (unpaired) electrons. The predicted octanol–water partition coefficient (Wildman–Crippen LogP) is 5.50. The van der Waals surface area contributed by atoms with Crippen molar-refractivity contribution in [1.82, 2.24) is 9.80 Å². The van der Waals surface area contributed by atoms with Crippen molar-refractivity contribution in [2.45, 2.75) is 18.6 Å². The third-order valence-electron chi connectivity index (χ3n) is 7.40. The average Bonchev–Trinajstić information content (AvgIpc) is 2.93. The maximum Gasteiger partial charge on any atom is 0.258 e. The molecule has 2 amide bonds. The molecule has 7 nitrogen and oxygen atoms in total. The second-order valence-corrected chi connectivity index (χ2v) is 9.99. The van der Waals surface area contributed by atoms with Crippen molar-refractivity contribution < 1.29 is 24.2 Å². The van der Waals surface area contributed by atoms with Gasteiger partial charge >= 0.3 is 0 Å². The zero-order valence-electron chi connectivity index (χ0n) is 21.3. The summed E-state index contributed by atoms with van der Waals surface area (Å²) in [6.45, 7) is 1.87. The monoisotopic (exact) mass is 520 g/mol. The Bertz CT molecular complexity index is 1480. The van der Waals surface area contributed by atoms with E-state index in [1.54, 1.807) is 46.2 Å². The van der Waals surface area contributed by atoms with Crippen LogP contribution in [0, 0.1) is 0 Å². The Labute approximate surface area is 226 Å². The Morgan fingerprint density at radius 3 is 2.08 bits per heavy atom. The number of para-hydroxylation sites is 1. The molecule has 0 bridgehead atoms. The van der Waals surface area contributed by atoms with Gasteiger partial charge in [-0.1, -0.05) is 48.5 Å². The number of ether oxygens (including phenoxy) is 2. The first-order chi connectivity index (χ1) is 19.0. The van der Waals surface area contributed by atoms with Crippen molar-refractivity contribution >= 4 is 11.8 Å². The van der Waals surface area contributed by atoms with E-state index in [0.717, 1.165) is 17.7 Å². The molecule has 0 saturated carbocycles. The molecule has 1 spiro atoms. The number of hydrogen-bond donors (Lipinski definition) is 1. The number of carbonyl (C=O) groups excluding carboxylic acids is 2. The van der Waals surface area contributed by atoms with E-state index in [2.05, 4.69) is 0 Å². The molecule has 2 heterocycles. The average molecular weight is 521 g/mol. The second-order valence-electron chi connectivity index (χ2n) is 9.99. The maximum absolute atomic E-state index is 13.4. The van der Waals surface area contributed by atoms with E-state index in [1.165, 1.54) is 6.07 Å². The minimum atomic E-state index is -0.392. The van der Waals surface area contributed by atoms with E-state index >= 15 is 0 Å². The molecular weight excluding hydrogens is 492 g/mol. The van der Waals surface area contributed by atoms with Crippen molar-refractivity contribution in [3.05, 3.63) is 120 Å². The molecule has 0 aliphatic carbocycles. The molecule has 39 heavy (non-hydrogen) atoms. The summed E-state index contributed by atoms with van der Waals surface area (Å²) >= 11 is 0. The Kier molecular flexibility index (Phi) is 6.40. The topological polar surface area (TPSA) is 79.3 Å². The summed E-state index contributed by atoms with van der Waals surface area (Å²) in [5.74, 6) is 1.49. The largest absolute Gasteiger partial charge is 0.507 e. The number of aromatic hydroxyl groups is 1. The van der Waals surface area contributed by atoms with Gasteiger partial charge in [0, 0.05) is 25.2 Å². The van der Waals surface area contributed by atoms with Gasteiger partial charge in [-0.2, -0.15) is 0 Å². The molecule has 4 aromatic carbocycles. The van der Waals surface area contributed by atoms with Crippen LogP contribution in [0.15, 0.2) is 103 Å². The fourth-order valence-corrected chi connectivity index (χ4v) is 5.13. The van der Waals surface area contributed by atoms with E-state index in [0.29, 0.717) is 43.3 Å². The third-order valence-corrected chi connectivity index (χ3v) is 7.40. The Morgan fingerprint density at radius 1 is 0.769 bits per heavy atom. The number of phenolic OH excluding ortho intramolecular Hbond substituents is 1. The highest BCUT2D eigenvalue weighted by molar-refractivity contribution is 5.99. The number of benzene rings is 4. The van der Waals surface area contributed by atoms with E-state index in [-0.39, 0.29) is 23.1 Å². The molecule has 1 N–H and O–H groups in total. The first-order valence-corrected chi connectivity index (χ1v) is 12.9. The molecular formula is C32H28N2O5. The number of rotatable bonds is 7. The zero-order chi connectivity index (χ0) is 26.8. The van der Waals surface area contributed by atoms with Crippen LogP contribution < -0.4 is 9.47 Å².